The molecule has 0 saturated heterocycles. The van der Waals surface area contributed by atoms with Gasteiger partial charge in [-0.2, -0.15) is 0 Å². The maximum absolute atomic E-state index is 9.55. The van der Waals surface area contributed by atoms with Gasteiger partial charge in [0.25, 0.3) is 0 Å². The monoisotopic (exact) mass is 212 g/mol. The fraction of sp³-hybridized carbons (Fsp3) is 0.636. The van der Waals surface area contributed by atoms with E-state index >= 15 is 0 Å². The highest BCUT2D eigenvalue weighted by atomic mass is 16.4. The molecule has 2 aliphatic carbocycles. The molecule has 0 aromatic carbocycles. The van der Waals surface area contributed by atoms with Crippen LogP contribution in [0, 0.1) is 11.8 Å². The van der Waals surface area contributed by atoms with Gasteiger partial charge in [-0.3, -0.25) is 0 Å². The van der Waals surface area contributed by atoms with Gasteiger partial charge < -0.3 is 10.2 Å². The summed E-state index contributed by atoms with van der Waals surface area (Å²) in [4.78, 5) is 19.1. The van der Waals surface area contributed by atoms with Crippen LogP contribution in [-0.2, 0) is 9.59 Å². The van der Waals surface area contributed by atoms with Crippen LogP contribution in [0.15, 0.2) is 12.2 Å². The molecule has 2 fully saturated rings. The van der Waals surface area contributed by atoms with Gasteiger partial charge in [0, 0.05) is 12.2 Å². The van der Waals surface area contributed by atoms with E-state index in [-0.39, 0.29) is 0 Å². The van der Waals surface area contributed by atoms with Gasteiger partial charge in [0.05, 0.1) is 0 Å². The lowest BCUT2D eigenvalue weighted by Crippen LogP contribution is -2.18. The summed E-state index contributed by atoms with van der Waals surface area (Å²) in [6, 6.07) is 0. The maximum atomic E-state index is 9.55. The van der Waals surface area contributed by atoms with Gasteiger partial charge in [0.2, 0.25) is 0 Å². The molecule has 2 N–H and O–H groups in total. The third-order valence-electron chi connectivity index (χ3n) is 3.09. The third kappa shape index (κ3) is 4.14. The van der Waals surface area contributed by atoms with Crippen LogP contribution in [0.5, 0.6) is 0 Å². The Bertz CT molecular complexity index is 244. The van der Waals surface area contributed by atoms with Crippen LogP contribution in [0.25, 0.3) is 0 Å². The van der Waals surface area contributed by atoms with Crippen molar-refractivity contribution in [1.29, 1.82) is 0 Å². The lowest BCUT2D eigenvalue weighted by atomic mass is 9.77. The van der Waals surface area contributed by atoms with E-state index in [1.807, 2.05) is 0 Å². The molecule has 0 amide bonds. The summed E-state index contributed by atoms with van der Waals surface area (Å²) < 4.78 is 0. The molecule has 0 aliphatic heterocycles. The Morgan fingerprint density at radius 3 is 1.47 bits per heavy atom. The van der Waals surface area contributed by atoms with Crippen LogP contribution >= 0.6 is 0 Å². The van der Waals surface area contributed by atoms with E-state index in [1.54, 1.807) is 25.7 Å². The van der Waals surface area contributed by atoms with Crippen LogP contribution in [-0.4, -0.2) is 22.2 Å². The summed E-state index contributed by atoms with van der Waals surface area (Å²) in [5, 5.41) is 15.6. The summed E-state index contributed by atoms with van der Waals surface area (Å²) in [5.41, 5.74) is 0. The average molecular weight is 212 g/mol. The zero-order chi connectivity index (χ0) is 11.3. The predicted molar refractivity (Wildman–Crippen MR) is 54.5 cm³/mol. The van der Waals surface area contributed by atoms with Crippen molar-refractivity contribution in [3.63, 3.8) is 0 Å². The summed E-state index contributed by atoms with van der Waals surface area (Å²) in [5.74, 6) is -0.125. The van der Waals surface area contributed by atoms with Crippen LogP contribution in [0.3, 0.4) is 0 Å². The first-order chi connectivity index (χ1) is 7.09. The smallest absolute Gasteiger partial charge is 0.328 e. The van der Waals surface area contributed by atoms with Gasteiger partial charge in [-0.1, -0.05) is 19.3 Å². The fourth-order valence-electron chi connectivity index (χ4n) is 2.18. The Hall–Kier alpha value is -1.32. The highest BCUT2D eigenvalue weighted by Crippen LogP contribution is 2.46. The first-order valence-corrected chi connectivity index (χ1v) is 5.23. The first kappa shape index (κ1) is 11.8. The number of aliphatic carboxylic acids is 2. The van der Waals surface area contributed by atoms with Crippen LogP contribution in [0.2, 0.25) is 0 Å². The lowest BCUT2D eigenvalue weighted by Gasteiger charge is -2.29. The Kier molecular flexibility index (Phi) is 4.34. The molecular weight excluding hydrogens is 196 g/mol. The molecular formula is C11H16O4. The largest absolute Gasteiger partial charge is 0.478 e. The van der Waals surface area contributed by atoms with E-state index in [1.165, 1.54) is 18.3 Å². The van der Waals surface area contributed by atoms with E-state index in [4.69, 9.17) is 10.2 Å². The second kappa shape index (κ2) is 5.53. The molecule has 0 heterocycles. The Morgan fingerprint density at radius 1 is 0.867 bits per heavy atom. The first-order valence-electron chi connectivity index (χ1n) is 5.23. The zero-order valence-corrected chi connectivity index (χ0v) is 8.56. The van der Waals surface area contributed by atoms with Crippen molar-refractivity contribution in [3.8, 4) is 0 Å². The Morgan fingerprint density at radius 2 is 1.27 bits per heavy atom. The zero-order valence-electron chi connectivity index (χ0n) is 8.56. The standard InChI is InChI=1S/C7H12.C4H4O4/c1-2-6-4-5-7(6)3-1;5-3(6)1-2-4(7)8/h6-7H,1-5H2;1-2H,(H,5,6)(H,7,8)/b;2-1+. The van der Waals surface area contributed by atoms with Crippen LogP contribution in [0.4, 0.5) is 0 Å². The van der Waals surface area contributed by atoms with Crippen LogP contribution < -0.4 is 0 Å². The lowest BCUT2D eigenvalue weighted by molar-refractivity contribution is -0.134. The van der Waals surface area contributed by atoms with Crippen molar-refractivity contribution < 1.29 is 19.8 Å². The normalized spacial score (nSPS) is 27.5. The molecule has 4 nitrogen and oxygen atoms in total. The molecule has 2 unspecified atom stereocenters. The van der Waals surface area contributed by atoms with Gasteiger partial charge in [0.15, 0.2) is 0 Å². The molecule has 0 spiro atoms. The highest BCUT2D eigenvalue weighted by Gasteiger charge is 2.34. The number of carbonyl (C=O) groups is 2. The van der Waals surface area contributed by atoms with E-state index in [9.17, 15) is 9.59 Å². The highest BCUT2D eigenvalue weighted by molar-refractivity contribution is 5.89. The van der Waals surface area contributed by atoms with Crippen molar-refractivity contribution in [2.24, 2.45) is 11.8 Å². The molecule has 2 atom stereocenters. The van der Waals surface area contributed by atoms with E-state index in [0.29, 0.717) is 12.2 Å². The number of carboxylic acid groups (broad SMARTS) is 2. The van der Waals surface area contributed by atoms with E-state index in [2.05, 4.69) is 0 Å². The minimum absolute atomic E-state index is 0.558. The number of fused-ring (bicyclic) bond motifs is 1. The molecule has 0 bridgehead atoms. The maximum Gasteiger partial charge on any atom is 0.328 e. The summed E-state index contributed by atoms with van der Waals surface area (Å²) in [6.45, 7) is 0. The molecule has 2 rings (SSSR count). The SMILES string of the molecule is C1CC2CCC2C1.O=C(O)/C=C/C(=O)O. The van der Waals surface area contributed by atoms with Gasteiger partial charge >= 0.3 is 11.9 Å². The summed E-state index contributed by atoms with van der Waals surface area (Å²) >= 11 is 0. The number of rotatable bonds is 2. The topological polar surface area (TPSA) is 74.6 Å². The van der Waals surface area contributed by atoms with Crippen molar-refractivity contribution in [2.75, 3.05) is 0 Å². The minimum atomic E-state index is -1.26. The molecule has 4 heteroatoms. The second-order valence-electron chi connectivity index (χ2n) is 4.04. The van der Waals surface area contributed by atoms with Crippen molar-refractivity contribution in [3.05, 3.63) is 12.2 Å². The van der Waals surface area contributed by atoms with Gasteiger partial charge in [-0.25, -0.2) is 9.59 Å². The minimum Gasteiger partial charge on any atom is -0.478 e. The van der Waals surface area contributed by atoms with Crippen molar-refractivity contribution in [2.45, 2.75) is 32.1 Å². The summed E-state index contributed by atoms with van der Waals surface area (Å²) in [6.07, 6.45) is 8.89. The number of hydrogen-bond donors (Lipinski definition) is 2. The fourth-order valence-corrected chi connectivity index (χ4v) is 2.18. The van der Waals surface area contributed by atoms with Crippen LogP contribution in [0.1, 0.15) is 32.1 Å². The molecule has 2 aliphatic rings. The Balaban J connectivity index is 0.000000150. The molecule has 84 valence electrons. The summed E-state index contributed by atoms with van der Waals surface area (Å²) in [7, 11) is 0. The quantitative estimate of drug-likeness (QED) is 0.685. The van der Waals surface area contributed by atoms with Gasteiger partial charge in [-0.15, -0.1) is 0 Å². The predicted octanol–water partition coefficient (Wildman–Crippen LogP) is 1.91. The van der Waals surface area contributed by atoms with E-state index < -0.39 is 11.9 Å². The molecule has 0 radical (unpaired) electrons. The van der Waals surface area contributed by atoms with Gasteiger partial charge in [0.1, 0.15) is 0 Å². The van der Waals surface area contributed by atoms with E-state index in [0.717, 1.165) is 0 Å². The van der Waals surface area contributed by atoms with Gasteiger partial charge in [-0.05, 0) is 24.7 Å². The molecule has 2 saturated carbocycles. The molecule has 0 aromatic rings. The Labute approximate surface area is 88.6 Å². The van der Waals surface area contributed by atoms with Crippen molar-refractivity contribution >= 4 is 11.9 Å². The number of hydrogen-bond acceptors (Lipinski definition) is 2. The molecule has 15 heavy (non-hydrogen) atoms. The third-order valence-corrected chi connectivity index (χ3v) is 3.09. The molecule has 0 aromatic heterocycles. The number of carboxylic acids is 2. The van der Waals surface area contributed by atoms with Crippen molar-refractivity contribution in [1.82, 2.24) is 0 Å². The second-order valence-corrected chi connectivity index (χ2v) is 4.04. The average Bonchev–Trinajstić information content (AvgIpc) is 2.43.